The standard InChI is InChI=1S/C25H30N4O4/c1-15-23-21(27-17(3)28-23)13-22(33-20-8-10-29(11-9-20)16(2)26)24(15)32-14-18-6-5-7-19(12-18)25(30)31-4/h5-7,12-13,20,26H,8-11,14H2,1-4H3,(H,27,28). The van der Waals surface area contributed by atoms with Gasteiger partial charge in [-0.1, -0.05) is 12.1 Å². The van der Waals surface area contributed by atoms with E-state index in [1.165, 1.54) is 7.11 Å². The van der Waals surface area contributed by atoms with Crippen LogP contribution in [-0.2, 0) is 11.3 Å². The van der Waals surface area contributed by atoms with Gasteiger partial charge in [-0.25, -0.2) is 9.78 Å². The Morgan fingerprint density at radius 3 is 2.70 bits per heavy atom. The minimum atomic E-state index is -0.378. The Labute approximate surface area is 193 Å². The first-order chi connectivity index (χ1) is 15.9. The van der Waals surface area contributed by atoms with Crippen LogP contribution in [0.25, 0.3) is 11.0 Å². The molecule has 1 aliphatic heterocycles. The molecule has 0 aliphatic carbocycles. The van der Waals surface area contributed by atoms with Crippen molar-refractivity contribution in [3.63, 3.8) is 0 Å². The lowest BCUT2D eigenvalue weighted by atomic mass is 10.1. The monoisotopic (exact) mass is 450 g/mol. The van der Waals surface area contributed by atoms with E-state index in [9.17, 15) is 4.79 Å². The highest BCUT2D eigenvalue weighted by molar-refractivity contribution is 5.89. The first-order valence-electron chi connectivity index (χ1n) is 11.1. The number of amidine groups is 1. The second kappa shape index (κ2) is 9.52. The van der Waals surface area contributed by atoms with E-state index in [4.69, 9.17) is 19.6 Å². The molecular formula is C25H30N4O4. The Morgan fingerprint density at radius 2 is 2.00 bits per heavy atom. The fraction of sp³-hybridized carbons (Fsp3) is 0.400. The fourth-order valence-electron chi connectivity index (χ4n) is 4.21. The van der Waals surface area contributed by atoms with Crippen LogP contribution in [0.2, 0.25) is 0 Å². The molecule has 0 unspecified atom stereocenters. The summed E-state index contributed by atoms with van der Waals surface area (Å²) in [5.41, 5.74) is 4.01. The molecule has 2 aromatic carbocycles. The molecule has 0 radical (unpaired) electrons. The zero-order valence-corrected chi connectivity index (χ0v) is 19.5. The van der Waals surface area contributed by atoms with Crippen LogP contribution in [0.3, 0.4) is 0 Å². The number of fused-ring (bicyclic) bond motifs is 1. The number of hydrogen-bond acceptors (Lipinski definition) is 6. The van der Waals surface area contributed by atoms with Gasteiger partial charge in [0.2, 0.25) is 0 Å². The lowest BCUT2D eigenvalue weighted by molar-refractivity contribution is 0.0600. The van der Waals surface area contributed by atoms with E-state index in [-0.39, 0.29) is 18.7 Å². The molecule has 8 heteroatoms. The van der Waals surface area contributed by atoms with E-state index >= 15 is 0 Å². The molecule has 174 valence electrons. The first-order valence-corrected chi connectivity index (χ1v) is 11.1. The van der Waals surface area contributed by atoms with Crippen molar-refractivity contribution in [2.45, 2.75) is 46.3 Å². The number of methoxy groups -OCH3 is 1. The van der Waals surface area contributed by atoms with Crippen molar-refractivity contribution in [2.24, 2.45) is 0 Å². The number of carbonyl (C=O) groups excluding carboxylic acids is 1. The maximum absolute atomic E-state index is 11.9. The SMILES string of the molecule is COC(=O)c1cccc(COc2c(OC3CCN(C(C)=N)CC3)cc3[nH]c(C)nc3c2C)c1. The molecule has 0 bridgehead atoms. The van der Waals surface area contributed by atoms with E-state index in [0.29, 0.717) is 22.9 Å². The third-order valence-corrected chi connectivity index (χ3v) is 5.99. The van der Waals surface area contributed by atoms with Crippen LogP contribution in [0, 0.1) is 19.3 Å². The zero-order chi connectivity index (χ0) is 23.5. The second-order valence-corrected chi connectivity index (χ2v) is 8.42. The smallest absolute Gasteiger partial charge is 0.337 e. The molecule has 0 atom stereocenters. The molecule has 1 fully saturated rings. The second-order valence-electron chi connectivity index (χ2n) is 8.42. The van der Waals surface area contributed by atoms with Gasteiger partial charge in [0.05, 0.1) is 29.5 Å². The Bertz CT molecular complexity index is 1180. The number of benzene rings is 2. The number of aryl methyl sites for hydroxylation is 2. The Hall–Kier alpha value is -3.55. The van der Waals surface area contributed by atoms with Crippen molar-refractivity contribution in [3.05, 3.63) is 52.8 Å². The molecule has 1 aromatic heterocycles. The van der Waals surface area contributed by atoms with Crippen LogP contribution >= 0.6 is 0 Å². The van der Waals surface area contributed by atoms with Crippen LogP contribution < -0.4 is 9.47 Å². The van der Waals surface area contributed by atoms with Crippen LogP contribution in [0.15, 0.2) is 30.3 Å². The summed E-state index contributed by atoms with van der Waals surface area (Å²) in [6.45, 7) is 7.62. The maximum Gasteiger partial charge on any atom is 0.337 e. The van der Waals surface area contributed by atoms with Crippen molar-refractivity contribution in [3.8, 4) is 11.5 Å². The van der Waals surface area contributed by atoms with Crippen molar-refractivity contribution in [2.75, 3.05) is 20.2 Å². The minimum absolute atomic E-state index is 0.0477. The summed E-state index contributed by atoms with van der Waals surface area (Å²) in [6, 6.07) is 9.17. The number of carbonyl (C=O) groups is 1. The van der Waals surface area contributed by atoms with Gasteiger partial charge in [-0.3, -0.25) is 5.41 Å². The molecule has 0 spiro atoms. The average molecular weight is 451 g/mol. The van der Waals surface area contributed by atoms with E-state index in [0.717, 1.165) is 53.9 Å². The van der Waals surface area contributed by atoms with E-state index in [1.54, 1.807) is 12.1 Å². The van der Waals surface area contributed by atoms with Crippen molar-refractivity contribution < 1.29 is 19.0 Å². The van der Waals surface area contributed by atoms with Gasteiger partial charge in [-0.2, -0.15) is 0 Å². The van der Waals surface area contributed by atoms with Crippen LogP contribution in [0.1, 0.15) is 47.1 Å². The quantitative estimate of drug-likeness (QED) is 0.328. The highest BCUT2D eigenvalue weighted by atomic mass is 16.5. The van der Waals surface area contributed by atoms with Crippen LogP contribution in [0.4, 0.5) is 0 Å². The number of esters is 1. The maximum atomic E-state index is 11.9. The van der Waals surface area contributed by atoms with E-state index in [1.807, 2.05) is 39.0 Å². The number of nitrogens with one attached hydrogen (secondary N) is 2. The summed E-state index contributed by atoms with van der Waals surface area (Å²) < 4.78 is 17.5. The van der Waals surface area contributed by atoms with Crippen molar-refractivity contribution >= 4 is 22.8 Å². The summed E-state index contributed by atoms with van der Waals surface area (Å²) in [5.74, 6) is 2.38. The molecule has 3 aromatic rings. The van der Waals surface area contributed by atoms with Crippen LogP contribution in [0.5, 0.6) is 11.5 Å². The predicted octanol–water partition coefficient (Wildman–Crippen LogP) is 4.39. The minimum Gasteiger partial charge on any atom is -0.486 e. The molecule has 1 saturated heterocycles. The largest absolute Gasteiger partial charge is 0.486 e. The third-order valence-electron chi connectivity index (χ3n) is 5.99. The van der Waals surface area contributed by atoms with E-state index < -0.39 is 0 Å². The summed E-state index contributed by atoms with van der Waals surface area (Å²) >= 11 is 0. The summed E-state index contributed by atoms with van der Waals surface area (Å²) in [7, 11) is 1.37. The summed E-state index contributed by atoms with van der Waals surface area (Å²) in [4.78, 5) is 21.8. The number of aromatic nitrogens is 2. The number of rotatable bonds is 6. The molecule has 33 heavy (non-hydrogen) atoms. The molecule has 1 aliphatic rings. The average Bonchev–Trinajstić information content (AvgIpc) is 3.19. The fourth-order valence-corrected chi connectivity index (χ4v) is 4.21. The highest BCUT2D eigenvalue weighted by Gasteiger charge is 2.24. The number of nitrogens with zero attached hydrogens (tertiary/aromatic N) is 2. The van der Waals surface area contributed by atoms with Gasteiger partial charge in [0, 0.05) is 37.6 Å². The van der Waals surface area contributed by atoms with Gasteiger partial charge >= 0.3 is 5.97 Å². The number of H-pyrrole nitrogens is 1. The molecule has 0 saturated carbocycles. The lowest BCUT2D eigenvalue weighted by Crippen LogP contribution is -2.40. The summed E-state index contributed by atoms with van der Waals surface area (Å²) in [5, 5.41) is 7.85. The molecule has 0 amide bonds. The van der Waals surface area contributed by atoms with Crippen molar-refractivity contribution in [1.29, 1.82) is 5.41 Å². The Kier molecular flexibility index (Phi) is 6.53. The van der Waals surface area contributed by atoms with E-state index in [2.05, 4.69) is 14.9 Å². The van der Waals surface area contributed by atoms with Crippen molar-refractivity contribution in [1.82, 2.24) is 14.9 Å². The van der Waals surface area contributed by atoms with Gasteiger partial charge in [-0.05, 0) is 38.5 Å². The summed E-state index contributed by atoms with van der Waals surface area (Å²) in [6.07, 6.45) is 1.73. The number of piperidine rings is 1. The Balaban J connectivity index is 1.59. The lowest BCUT2D eigenvalue weighted by Gasteiger charge is -2.33. The first kappa shape index (κ1) is 22.6. The molecule has 8 nitrogen and oxygen atoms in total. The van der Waals surface area contributed by atoms with Gasteiger partial charge in [-0.15, -0.1) is 0 Å². The molecular weight excluding hydrogens is 420 g/mol. The van der Waals surface area contributed by atoms with Gasteiger partial charge in [0.25, 0.3) is 0 Å². The number of hydrogen-bond donors (Lipinski definition) is 2. The molecule has 2 heterocycles. The van der Waals surface area contributed by atoms with Gasteiger partial charge in [0.15, 0.2) is 11.5 Å². The van der Waals surface area contributed by atoms with Gasteiger partial charge < -0.3 is 24.1 Å². The Morgan fingerprint density at radius 1 is 1.24 bits per heavy atom. The van der Waals surface area contributed by atoms with Gasteiger partial charge in [0.1, 0.15) is 18.5 Å². The number of ether oxygens (including phenoxy) is 3. The molecule has 4 rings (SSSR count). The number of imidazole rings is 1. The third kappa shape index (κ3) is 4.94. The molecule has 2 N–H and O–H groups in total. The number of likely N-dealkylation sites (tertiary alicyclic amines) is 1. The zero-order valence-electron chi connectivity index (χ0n) is 19.5. The topological polar surface area (TPSA) is 101 Å². The normalized spacial score (nSPS) is 14.4. The number of aromatic amines is 1. The van der Waals surface area contributed by atoms with Crippen LogP contribution in [-0.4, -0.2) is 53.0 Å². The highest BCUT2D eigenvalue weighted by Crippen LogP contribution is 2.38. The predicted molar refractivity (Wildman–Crippen MR) is 126 cm³/mol.